The van der Waals surface area contributed by atoms with E-state index in [2.05, 4.69) is 5.32 Å². The minimum Gasteiger partial charge on any atom is -0.484 e. The second kappa shape index (κ2) is 8.32. The summed E-state index contributed by atoms with van der Waals surface area (Å²) in [5.74, 6) is -0.329. The summed E-state index contributed by atoms with van der Waals surface area (Å²) in [7, 11) is 1.28. The number of ether oxygens (including phenoxy) is 2. The van der Waals surface area contributed by atoms with Crippen LogP contribution in [0.4, 0.5) is 0 Å². The van der Waals surface area contributed by atoms with Crippen LogP contribution in [0.15, 0.2) is 39.5 Å². The molecule has 1 aromatic carbocycles. The fourth-order valence-electron chi connectivity index (χ4n) is 2.34. The lowest BCUT2D eigenvalue weighted by Gasteiger charge is -2.18. The molecule has 1 aromatic heterocycles. The molecule has 7 heteroatoms. The van der Waals surface area contributed by atoms with Crippen molar-refractivity contribution in [2.75, 3.05) is 13.7 Å². The van der Waals surface area contributed by atoms with Crippen LogP contribution in [0.1, 0.15) is 20.3 Å². The van der Waals surface area contributed by atoms with Gasteiger partial charge in [-0.2, -0.15) is 0 Å². The lowest BCUT2D eigenvalue weighted by Crippen LogP contribution is -2.44. The summed E-state index contributed by atoms with van der Waals surface area (Å²) >= 11 is 0. The van der Waals surface area contributed by atoms with Crippen LogP contribution in [-0.2, 0) is 14.3 Å². The molecule has 0 aliphatic carbocycles. The van der Waals surface area contributed by atoms with Gasteiger partial charge in [0, 0.05) is 17.5 Å². The van der Waals surface area contributed by atoms with Gasteiger partial charge in [-0.3, -0.25) is 4.79 Å². The molecular formula is C18H21NO6. The Morgan fingerprint density at radius 2 is 1.92 bits per heavy atom. The summed E-state index contributed by atoms with van der Waals surface area (Å²) in [6.07, 6.45) is 0.472. The Bertz CT molecular complexity index is 811. The highest BCUT2D eigenvalue weighted by molar-refractivity contribution is 5.85. The van der Waals surface area contributed by atoms with E-state index >= 15 is 0 Å². The average Bonchev–Trinajstić information content (AvgIpc) is 2.57. The second-order valence-electron chi connectivity index (χ2n) is 6.02. The van der Waals surface area contributed by atoms with Gasteiger partial charge >= 0.3 is 11.6 Å². The third-order valence-electron chi connectivity index (χ3n) is 3.49. The number of methoxy groups -OCH3 is 1. The predicted molar refractivity (Wildman–Crippen MR) is 91.4 cm³/mol. The van der Waals surface area contributed by atoms with Crippen molar-refractivity contribution in [2.24, 2.45) is 5.92 Å². The van der Waals surface area contributed by atoms with Crippen LogP contribution in [0.25, 0.3) is 11.0 Å². The van der Waals surface area contributed by atoms with Gasteiger partial charge in [-0.25, -0.2) is 9.59 Å². The summed E-state index contributed by atoms with van der Waals surface area (Å²) in [6, 6.07) is 7.19. The molecule has 0 spiro atoms. The predicted octanol–water partition coefficient (Wildman–Crippen LogP) is 1.88. The number of rotatable bonds is 7. The Labute approximate surface area is 144 Å². The zero-order valence-electron chi connectivity index (χ0n) is 14.4. The standard InChI is InChI=1S/C18H21NO6/c1-11(2)8-14(18(22)23-3)19-16(20)10-24-13-6-4-12-5-7-17(21)25-15(12)9-13/h4-7,9,11,14H,8,10H2,1-3H3,(H,19,20)/t14-/m0/s1. The maximum absolute atomic E-state index is 12.0. The van der Waals surface area contributed by atoms with Crippen LogP contribution in [0.5, 0.6) is 5.75 Å². The van der Waals surface area contributed by atoms with Gasteiger partial charge in [0.1, 0.15) is 17.4 Å². The molecule has 0 bridgehead atoms. The number of carbonyl (C=O) groups is 2. The van der Waals surface area contributed by atoms with Gasteiger partial charge in [0.2, 0.25) is 0 Å². The van der Waals surface area contributed by atoms with Crippen molar-refractivity contribution < 1.29 is 23.5 Å². The first-order chi connectivity index (χ1) is 11.9. The third kappa shape index (κ3) is 5.34. The minimum absolute atomic E-state index is 0.216. The zero-order valence-corrected chi connectivity index (χ0v) is 14.4. The molecule has 0 aliphatic heterocycles. The van der Waals surface area contributed by atoms with Crippen molar-refractivity contribution in [3.05, 3.63) is 40.8 Å². The monoisotopic (exact) mass is 347 g/mol. The van der Waals surface area contributed by atoms with E-state index in [9.17, 15) is 14.4 Å². The van der Waals surface area contributed by atoms with Gasteiger partial charge < -0.3 is 19.2 Å². The molecule has 25 heavy (non-hydrogen) atoms. The highest BCUT2D eigenvalue weighted by atomic mass is 16.5. The molecule has 2 rings (SSSR count). The molecule has 1 heterocycles. The lowest BCUT2D eigenvalue weighted by atomic mass is 10.0. The van der Waals surface area contributed by atoms with Crippen LogP contribution < -0.4 is 15.7 Å². The first-order valence-corrected chi connectivity index (χ1v) is 7.93. The summed E-state index contributed by atoms with van der Waals surface area (Å²) in [5, 5.41) is 3.35. The number of fused-ring (bicyclic) bond motifs is 1. The number of esters is 1. The van der Waals surface area contributed by atoms with Gasteiger partial charge in [-0.05, 0) is 30.5 Å². The van der Waals surface area contributed by atoms with Gasteiger partial charge in [0.05, 0.1) is 7.11 Å². The molecule has 1 amide bonds. The van der Waals surface area contributed by atoms with Crippen LogP contribution in [-0.4, -0.2) is 31.6 Å². The summed E-state index contributed by atoms with van der Waals surface area (Å²) < 4.78 is 15.2. The van der Waals surface area contributed by atoms with Crippen molar-refractivity contribution in [3.63, 3.8) is 0 Å². The van der Waals surface area contributed by atoms with Crippen LogP contribution in [0.3, 0.4) is 0 Å². The number of benzene rings is 1. The highest BCUT2D eigenvalue weighted by Gasteiger charge is 2.22. The average molecular weight is 347 g/mol. The van der Waals surface area contributed by atoms with Crippen molar-refractivity contribution in [2.45, 2.75) is 26.3 Å². The molecule has 0 saturated heterocycles. The van der Waals surface area contributed by atoms with E-state index in [1.807, 2.05) is 13.8 Å². The molecule has 0 unspecified atom stereocenters. The smallest absolute Gasteiger partial charge is 0.336 e. The Hall–Kier alpha value is -2.83. The van der Waals surface area contributed by atoms with Crippen molar-refractivity contribution in [3.8, 4) is 5.75 Å². The molecule has 1 atom stereocenters. The Kier molecular flexibility index (Phi) is 6.16. The molecule has 0 radical (unpaired) electrons. The van der Waals surface area contributed by atoms with Crippen LogP contribution in [0.2, 0.25) is 0 Å². The van der Waals surface area contributed by atoms with Gasteiger partial charge in [0.25, 0.3) is 5.91 Å². The number of nitrogens with one attached hydrogen (secondary N) is 1. The van der Waals surface area contributed by atoms with Crippen LogP contribution in [0, 0.1) is 5.92 Å². The molecule has 134 valence electrons. The molecule has 7 nitrogen and oxygen atoms in total. The van der Waals surface area contributed by atoms with E-state index in [1.165, 1.54) is 19.2 Å². The Balaban J connectivity index is 1.98. The molecule has 0 saturated carbocycles. The topological polar surface area (TPSA) is 94.8 Å². The molecular weight excluding hydrogens is 326 g/mol. The molecule has 1 N–H and O–H groups in total. The first-order valence-electron chi connectivity index (χ1n) is 7.93. The normalized spacial score (nSPS) is 12.0. The fraction of sp³-hybridized carbons (Fsp3) is 0.389. The number of amides is 1. The zero-order chi connectivity index (χ0) is 18.4. The lowest BCUT2D eigenvalue weighted by molar-refractivity contribution is -0.145. The van der Waals surface area contributed by atoms with E-state index < -0.39 is 23.5 Å². The summed E-state index contributed by atoms with van der Waals surface area (Å²) in [6.45, 7) is 3.62. The molecule has 2 aromatic rings. The van der Waals surface area contributed by atoms with Crippen molar-refractivity contribution in [1.29, 1.82) is 0 Å². The van der Waals surface area contributed by atoms with Gasteiger partial charge in [-0.1, -0.05) is 13.8 Å². The quantitative estimate of drug-likeness (QED) is 0.607. The van der Waals surface area contributed by atoms with Crippen LogP contribution >= 0.6 is 0 Å². The van der Waals surface area contributed by atoms with E-state index in [0.717, 1.165) is 5.39 Å². The summed E-state index contributed by atoms with van der Waals surface area (Å²) in [5.41, 5.74) is -0.0883. The van der Waals surface area contributed by atoms with E-state index in [4.69, 9.17) is 13.9 Å². The summed E-state index contributed by atoms with van der Waals surface area (Å²) in [4.78, 5) is 35.0. The number of hydrogen-bond acceptors (Lipinski definition) is 6. The van der Waals surface area contributed by atoms with E-state index in [1.54, 1.807) is 18.2 Å². The largest absolute Gasteiger partial charge is 0.484 e. The van der Waals surface area contributed by atoms with Crippen molar-refractivity contribution in [1.82, 2.24) is 5.32 Å². The second-order valence-corrected chi connectivity index (χ2v) is 6.02. The van der Waals surface area contributed by atoms with Crippen molar-refractivity contribution >= 4 is 22.8 Å². The third-order valence-corrected chi connectivity index (χ3v) is 3.49. The van der Waals surface area contributed by atoms with Gasteiger partial charge in [-0.15, -0.1) is 0 Å². The van der Waals surface area contributed by atoms with E-state index in [-0.39, 0.29) is 12.5 Å². The highest BCUT2D eigenvalue weighted by Crippen LogP contribution is 2.19. The number of carbonyl (C=O) groups excluding carboxylic acids is 2. The first kappa shape index (κ1) is 18.5. The number of hydrogen-bond donors (Lipinski definition) is 1. The SMILES string of the molecule is COC(=O)[C@H](CC(C)C)NC(=O)COc1ccc2ccc(=O)oc2c1. The minimum atomic E-state index is -0.712. The fourth-order valence-corrected chi connectivity index (χ4v) is 2.34. The van der Waals surface area contributed by atoms with Gasteiger partial charge in [0.15, 0.2) is 6.61 Å². The maximum atomic E-state index is 12.0. The Morgan fingerprint density at radius 3 is 2.60 bits per heavy atom. The molecule has 0 aliphatic rings. The van der Waals surface area contributed by atoms with E-state index in [0.29, 0.717) is 17.8 Å². The molecule has 0 fully saturated rings. The Morgan fingerprint density at radius 1 is 1.20 bits per heavy atom. The maximum Gasteiger partial charge on any atom is 0.336 e.